The van der Waals surface area contributed by atoms with Crippen molar-refractivity contribution in [1.29, 1.82) is 0 Å². The van der Waals surface area contributed by atoms with Gasteiger partial charge in [-0.25, -0.2) is 4.79 Å². The minimum Gasteiger partial charge on any atom is -0.465 e. The van der Waals surface area contributed by atoms with Crippen LogP contribution in [0, 0.1) is 0 Å². The van der Waals surface area contributed by atoms with Gasteiger partial charge in [0, 0.05) is 12.5 Å². The number of ether oxygens (including phenoxy) is 1. The predicted molar refractivity (Wildman–Crippen MR) is 73.0 cm³/mol. The van der Waals surface area contributed by atoms with Crippen LogP contribution in [0.15, 0.2) is 18.2 Å². The highest BCUT2D eigenvalue weighted by atomic mass is 32.2. The normalized spacial score (nSPS) is 23.5. The topological polar surface area (TPSA) is 93.1 Å². The highest BCUT2D eigenvalue weighted by Gasteiger charge is 2.48. The molecule has 11 heteroatoms. The quantitative estimate of drug-likeness (QED) is 0.634. The van der Waals surface area contributed by atoms with E-state index >= 15 is 0 Å². The van der Waals surface area contributed by atoms with E-state index in [4.69, 9.17) is 9.84 Å². The van der Waals surface area contributed by atoms with E-state index in [-0.39, 0.29) is 31.7 Å². The molecule has 2 atom stereocenters. The Bertz CT molecular complexity index is 778. The van der Waals surface area contributed by atoms with Gasteiger partial charge in [0.05, 0.1) is 19.3 Å². The van der Waals surface area contributed by atoms with Crippen molar-refractivity contribution in [3.8, 4) is 5.75 Å². The summed E-state index contributed by atoms with van der Waals surface area (Å²) in [7, 11) is -5.74. The van der Waals surface area contributed by atoms with Gasteiger partial charge in [0.2, 0.25) is 0 Å². The number of alkyl halides is 3. The van der Waals surface area contributed by atoms with E-state index in [1.165, 1.54) is 11.0 Å². The number of rotatable bonds is 2. The van der Waals surface area contributed by atoms with E-state index in [0.29, 0.717) is 11.1 Å². The fourth-order valence-corrected chi connectivity index (χ4v) is 3.34. The molecule has 3 rings (SSSR count). The van der Waals surface area contributed by atoms with E-state index in [2.05, 4.69) is 4.18 Å². The first-order chi connectivity index (χ1) is 11.1. The van der Waals surface area contributed by atoms with Gasteiger partial charge in [-0.3, -0.25) is 0 Å². The van der Waals surface area contributed by atoms with Crippen LogP contribution in [0.1, 0.15) is 17.0 Å². The molecule has 0 saturated carbocycles. The Morgan fingerprint density at radius 3 is 2.67 bits per heavy atom. The minimum absolute atomic E-state index is 0.0349. The summed E-state index contributed by atoms with van der Waals surface area (Å²) < 4.78 is 68.8. The standard InChI is InChI=1S/C13H12F3NO6S/c14-13(15,16)24(20,21)23-8-1-2-9-7(3-8)6-22-11-5-17(12(18)19)4-10(9)11/h1-3,10-11H,4-6H2,(H,18,19). The fraction of sp³-hybridized carbons (Fsp3) is 0.462. The highest BCUT2D eigenvalue weighted by molar-refractivity contribution is 7.88. The van der Waals surface area contributed by atoms with Gasteiger partial charge in [0.1, 0.15) is 5.75 Å². The van der Waals surface area contributed by atoms with Crippen molar-refractivity contribution in [1.82, 2.24) is 4.90 Å². The molecule has 0 bridgehead atoms. The van der Waals surface area contributed by atoms with Crippen molar-refractivity contribution in [3.63, 3.8) is 0 Å². The Labute approximate surface area is 134 Å². The van der Waals surface area contributed by atoms with Crippen molar-refractivity contribution >= 4 is 16.2 Å². The van der Waals surface area contributed by atoms with Gasteiger partial charge in [-0.05, 0) is 23.3 Å². The lowest BCUT2D eigenvalue weighted by molar-refractivity contribution is -0.0500. The molecular formula is C13H12F3NO6S. The van der Waals surface area contributed by atoms with Crippen LogP contribution in [-0.2, 0) is 21.5 Å². The molecule has 1 N–H and O–H groups in total. The lowest BCUT2D eigenvalue weighted by Gasteiger charge is -2.27. The number of amides is 1. The van der Waals surface area contributed by atoms with Gasteiger partial charge in [-0.2, -0.15) is 21.6 Å². The SMILES string of the molecule is O=C(O)N1CC2OCc3cc(OS(=O)(=O)C(F)(F)F)ccc3C2C1. The monoisotopic (exact) mass is 367 g/mol. The molecule has 132 valence electrons. The number of benzene rings is 1. The molecule has 1 fully saturated rings. The smallest absolute Gasteiger partial charge is 0.465 e. The molecule has 1 saturated heterocycles. The minimum atomic E-state index is -5.74. The van der Waals surface area contributed by atoms with Crippen LogP contribution in [0.3, 0.4) is 0 Å². The molecule has 1 aromatic rings. The summed E-state index contributed by atoms with van der Waals surface area (Å²) in [5.41, 5.74) is -4.33. The summed E-state index contributed by atoms with van der Waals surface area (Å²) in [4.78, 5) is 12.2. The Morgan fingerprint density at radius 1 is 1.33 bits per heavy atom. The second-order valence-electron chi connectivity index (χ2n) is 5.49. The lowest BCUT2D eigenvalue weighted by Crippen LogP contribution is -2.29. The molecule has 0 radical (unpaired) electrons. The van der Waals surface area contributed by atoms with Gasteiger partial charge in [-0.15, -0.1) is 0 Å². The summed E-state index contributed by atoms with van der Waals surface area (Å²) >= 11 is 0. The van der Waals surface area contributed by atoms with Crippen molar-refractivity contribution in [2.45, 2.75) is 24.1 Å². The third-order valence-electron chi connectivity index (χ3n) is 3.99. The third kappa shape index (κ3) is 2.88. The van der Waals surface area contributed by atoms with Gasteiger partial charge in [0.15, 0.2) is 0 Å². The molecular weight excluding hydrogens is 355 g/mol. The van der Waals surface area contributed by atoms with Crippen molar-refractivity contribution in [3.05, 3.63) is 29.3 Å². The summed E-state index contributed by atoms with van der Waals surface area (Å²) in [6.45, 7) is 0.446. The van der Waals surface area contributed by atoms with Gasteiger partial charge >= 0.3 is 21.7 Å². The van der Waals surface area contributed by atoms with Crippen LogP contribution < -0.4 is 4.18 Å². The second-order valence-corrected chi connectivity index (χ2v) is 7.03. The largest absolute Gasteiger partial charge is 0.534 e. The Kier molecular flexibility index (Phi) is 3.87. The van der Waals surface area contributed by atoms with Crippen LogP contribution in [0.4, 0.5) is 18.0 Å². The molecule has 0 aliphatic carbocycles. The first-order valence-electron chi connectivity index (χ1n) is 6.81. The number of carbonyl (C=O) groups is 1. The van der Waals surface area contributed by atoms with Crippen LogP contribution in [-0.4, -0.2) is 49.2 Å². The lowest BCUT2D eigenvalue weighted by atomic mass is 9.89. The first-order valence-corrected chi connectivity index (χ1v) is 8.22. The van der Waals surface area contributed by atoms with Crippen molar-refractivity contribution in [2.75, 3.05) is 13.1 Å². The predicted octanol–water partition coefficient (Wildman–Crippen LogP) is 1.89. The number of halogens is 3. The zero-order valence-electron chi connectivity index (χ0n) is 12.0. The van der Waals surface area contributed by atoms with E-state index in [0.717, 1.165) is 12.1 Å². The number of hydrogen-bond donors (Lipinski definition) is 1. The Hall–Kier alpha value is -2.01. The zero-order chi connectivity index (χ0) is 17.7. The molecule has 7 nitrogen and oxygen atoms in total. The van der Waals surface area contributed by atoms with Crippen LogP contribution in [0.25, 0.3) is 0 Å². The van der Waals surface area contributed by atoms with E-state index in [1.54, 1.807) is 0 Å². The van der Waals surface area contributed by atoms with Gasteiger partial charge in [-0.1, -0.05) is 6.07 Å². The third-order valence-corrected chi connectivity index (χ3v) is 4.97. The Morgan fingerprint density at radius 2 is 2.04 bits per heavy atom. The maximum atomic E-state index is 12.4. The molecule has 1 amide bonds. The van der Waals surface area contributed by atoms with Crippen molar-refractivity contribution in [2.24, 2.45) is 0 Å². The van der Waals surface area contributed by atoms with Gasteiger partial charge in [0.25, 0.3) is 0 Å². The molecule has 2 heterocycles. The number of carboxylic acid groups (broad SMARTS) is 1. The fourth-order valence-electron chi connectivity index (χ4n) is 2.89. The molecule has 1 aromatic carbocycles. The zero-order valence-corrected chi connectivity index (χ0v) is 12.8. The Balaban J connectivity index is 1.85. The van der Waals surface area contributed by atoms with Gasteiger partial charge < -0.3 is 18.9 Å². The second kappa shape index (κ2) is 5.52. The maximum Gasteiger partial charge on any atom is 0.534 e. The molecule has 0 spiro atoms. The van der Waals surface area contributed by atoms with Crippen LogP contribution in [0.2, 0.25) is 0 Å². The maximum absolute atomic E-state index is 12.4. The first kappa shape index (κ1) is 16.8. The number of likely N-dealkylation sites (tertiary alicyclic amines) is 1. The summed E-state index contributed by atoms with van der Waals surface area (Å²) in [5, 5.41) is 9.03. The summed E-state index contributed by atoms with van der Waals surface area (Å²) in [5.74, 6) is -0.723. The van der Waals surface area contributed by atoms with E-state index in [1.807, 2.05) is 0 Å². The average Bonchev–Trinajstić information content (AvgIpc) is 2.90. The molecule has 24 heavy (non-hydrogen) atoms. The molecule has 2 unspecified atom stereocenters. The van der Waals surface area contributed by atoms with E-state index in [9.17, 15) is 26.4 Å². The molecule has 2 aliphatic heterocycles. The number of nitrogens with zero attached hydrogens (tertiary/aromatic N) is 1. The van der Waals surface area contributed by atoms with Crippen molar-refractivity contribution < 1.29 is 40.4 Å². The number of hydrogen-bond acceptors (Lipinski definition) is 5. The molecule has 0 aromatic heterocycles. The average molecular weight is 367 g/mol. The highest BCUT2D eigenvalue weighted by Crippen LogP contribution is 2.38. The summed E-state index contributed by atoms with van der Waals surface area (Å²) in [6, 6.07) is 3.73. The van der Waals surface area contributed by atoms with Crippen LogP contribution in [0.5, 0.6) is 5.75 Å². The molecule has 2 aliphatic rings. The number of fused-ring (bicyclic) bond motifs is 3. The summed E-state index contributed by atoms with van der Waals surface area (Å²) in [6.07, 6.45) is -1.41. The van der Waals surface area contributed by atoms with Crippen LogP contribution >= 0.6 is 0 Å². The van der Waals surface area contributed by atoms with E-state index < -0.39 is 27.5 Å².